The zero-order valence-electron chi connectivity index (χ0n) is 19.2. The lowest BCUT2D eigenvalue weighted by molar-refractivity contribution is -0.116. The van der Waals surface area contributed by atoms with Crippen molar-refractivity contribution < 1.29 is 19.1 Å². The van der Waals surface area contributed by atoms with Gasteiger partial charge in [-0.05, 0) is 36.2 Å². The van der Waals surface area contributed by atoms with E-state index in [2.05, 4.69) is 5.32 Å². The molecular formula is C28H24N2O5. The first-order valence-electron chi connectivity index (χ1n) is 11.5. The number of aryl methyl sites for hydroxylation is 1. The molecule has 1 N–H and O–H groups in total. The summed E-state index contributed by atoms with van der Waals surface area (Å²) in [6.07, 6.45) is 2.33. The molecule has 0 fully saturated rings. The Kier molecular flexibility index (Phi) is 6.06. The number of carbonyl (C=O) groups excluding carboxylic acids is 2. The molecule has 176 valence electrons. The molecule has 0 saturated heterocycles. The predicted octanol–water partition coefficient (Wildman–Crippen LogP) is 4.20. The van der Waals surface area contributed by atoms with Crippen LogP contribution < -0.4 is 20.2 Å². The van der Waals surface area contributed by atoms with Gasteiger partial charge >= 0.3 is 0 Å². The molecule has 0 spiro atoms. The summed E-state index contributed by atoms with van der Waals surface area (Å²) in [7, 11) is 0. The van der Waals surface area contributed by atoms with Gasteiger partial charge in [-0.25, -0.2) is 0 Å². The first kappa shape index (κ1) is 22.4. The van der Waals surface area contributed by atoms with Gasteiger partial charge in [0.05, 0.1) is 11.1 Å². The fourth-order valence-corrected chi connectivity index (χ4v) is 4.16. The van der Waals surface area contributed by atoms with Crippen molar-refractivity contribution in [3.8, 4) is 11.5 Å². The number of anilines is 1. The van der Waals surface area contributed by atoms with Crippen molar-refractivity contribution in [2.45, 2.75) is 19.9 Å². The lowest BCUT2D eigenvalue weighted by Crippen LogP contribution is -2.24. The number of hydrogen-bond acceptors (Lipinski definition) is 5. The summed E-state index contributed by atoms with van der Waals surface area (Å²) in [6.45, 7) is 2.90. The van der Waals surface area contributed by atoms with E-state index in [4.69, 9.17) is 9.47 Å². The minimum absolute atomic E-state index is 0.0278. The van der Waals surface area contributed by atoms with E-state index < -0.39 is 0 Å². The Bertz CT molecular complexity index is 1490. The van der Waals surface area contributed by atoms with Crippen molar-refractivity contribution in [1.29, 1.82) is 0 Å². The zero-order valence-corrected chi connectivity index (χ0v) is 19.2. The Morgan fingerprint density at radius 2 is 1.69 bits per heavy atom. The topological polar surface area (TPSA) is 86.6 Å². The van der Waals surface area contributed by atoms with Gasteiger partial charge in [0.2, 0.25) is 11.3 Å². The summed E-state index contributed by atoms with van der Waals surface area (Å²) in [4.78, 5) is 39.3. The van der Waals surface area contributed by atoms with Gasteiger partial charge < -0.3 is 19.4 Å². The smallest absolute Gasteiger partial charge is 0.244 e. The highest BCUT2D eigenvalue weighted by Gasteiger charge is 2.19. The first-order valence-corrected chi connectivity index (χ1v) is 11.5. The van der Waals surface area contributed by atoms with Crippen LogP contribution in [0.5, 0.6) is 11.5 Å². The lowest BCUT2D eigenvalue weighted by Gasteiger charge is -2.19. The molecule has 7 nitrogen and oxygen atoms in total. The van der Waals surface area contributed by atoms with Gasteiger partial charge in [0, 0.05) is 28.9 Å². The van der Waals surface area contributed by atoms with Crippen LogP contribution in [0, 0.1) is 0 Å². The Balaban J connectivity index is 1.46. The van der Waals surface area contributed by atoms with Crippen molar-refractivity contribution in [3.05, 3.63) is 99.8 Å². The maximum atomic E-state index is 13.2. The van der Waals surface area contributed by atoms with Crippen LogP contribution in [0.3, 0.4) is 0 Å². The van der Waals surface area contributed by atoms with E-state index >= 15 is 0 Å². The van der Waals surface area contributed by atoms with Crippen molar-refractivity contribution in [1.82, 2.24) is 4.57 Å². The Hall–Kier alpha value is -4.39. The van der Waals surface area contributed by atoms with E-state index in [0.717, 1.165) is 12.0 Å². The molecule has 0 bridgehead atoms. The second kappa shape index (κ2) is 9.46. The van der Waals surface area contributed by atoms with Gasteiger partial charge in [-0.15, -0.1) is 0 Å². The number of amides is 1. The van der Waals surface area contributed by atoms with Crippen LogP contribution in [0.15, 0.2) is 77.7 Å². The molecule has 2 heterocycles. The molecule has 1 aliphatic heterocycles. The summed E-state index contributed by atoms with van der Waals surface area (Å²) in [5.41, 5.74) is 2.36. The standard InChI is InChI=1S/C28H24N2O5/c1-2-18-7-9-19(10-8-18)27(32)22-16-30(23-6-4-3-5-21(23)28(22)33)17-26(31)29-20-11-12-24-25(15-20)35-14-13-34-24/h3-12,15-16H,2,13-14,17H2,1H3,(H,29,31). The van der Waals surface area contributed by atoms with Gasteiger partial charge in [-0.2, -0.15) is 0 Å². The van der Waals surface area contributed by atoms with Gasteiger partial charge in [0.15, 0.2) is 17.3 Å². The molecule has 35 heavy (non-hydrogen) atoms. The average Bonchev–Trinajstić information content (AvgIpc) is 2.90. The average molecular weight is 469 g/mol. The van der Waals surface area contributed by atoms with E-state index in [-0.39, 0.29) is 29.2 Å². The number of para-hydroxylation sites is 1. The quantitative estimate of drug-likeness (QED) is 0.429. The second-order valence-corrected chi connectivity index (χ2v) is 8.30. The monoisotopic (exact) mass is 468 g/mol. The molecule has 0 radical (unpaired) electrons. The van der Waals surface area contributed by atoms with Crippen molar-refractivity contribution in [2.75, 3.05) is 18.5 Å². The van der Waals surface area contributed by atoms with Crippen LogP contribution in [0.4, 0.5) is 5.69 Å². The summed E-state index contributed by atoms with van der Waals surface area (Å²) in [5, 5.41) is 3.24. The molecule has 1 aromatic heterocycles. The largest absolute Gasteiger partial charge is 0.486 e. The second-order valence-electron chi connectivity index (χ2n) is 8.30. The number of pyridine rings is 1. The first-order chi connectivity index (χ1) is 17.0. The number of ketones is 1. The van der Waals surface area contributed by atoms with Crippen LogP contribution in [-0.2, 0) is 17.8 Å². The summed E-state index contributed by atoms with van der Waals surface area (Å²) in [5.74, 6) is 0.534. The SMILES string of the molecule is CCc1ccc(C(=O)c2cn(CC(=O)Nc3ccc4c(c3)OCCO4)c3ccccc3c2=O)cc1. The normalized spacial score (nSPS) is 12.4. The molecule has 7 heteroatoms. The Labute approximate surface area is 201 Å². The number of aromatic nitrogens is 1. The third kappa shape index (κ3) is 4.53. The van der Waals surface area contributed by atoms with E-state index in [9.17, 15) is 14.4 Å². The van der Waals surface area contributed by atoms with E-state index in [1.165, 1.54) is 6.20 Å². The molecule has 3 aromatic carbocycles. The van der Waals surface area contributed by atoms with Crippen molar-refractivity contribution >= 4 is 28.3 Å². The van der Waals surface area contributed by atoms with Crippen molar-refractivity contribution in [3.63, 3.8) is 0 Å². The molecule has 0 aliphatic carbocycles. The third-order valence-electron chi connectivity index (χ3n) is 6.00. The number of ether oxygens (including phenoxy) is 2. The lowest BCUT2D eigenvalue weighted by atomic mass is 10.0. The number of rotatable bonds is 6. The third-order valence-corrected chi connectivity index (χ3v) is 6.00. The van der Waals surface area contributed by atoms with Gasteiger partial charge in [0.25, 0.3) is 0 Å². The van der Waals surface area contributed by atoms with Gasteiger partial charge in [-0.1, -0.05) is 43.3 Å². The molecule has 0 saturated carbocycles. The van der Waals surface area contributed by atoms with Gasteiger partial charge in [-0.3, -0.25) is 14.4 Å². The Morgan fingerprint density at radius 1 is 0.943 bits per heavy atom. The maximum absolute atomic E-state index is 13.2. The molecule has 4 aromatic rings. The number of nitrogens with one attached hydrogen (secondary N) is 1. The minimum Gasteiger partial charge on any atom is -0.486 e. The number of nitrogens with zero attached hydrogens (tertiary/aromatic N) is 1. The van der Waals surface area contributed by atoms with Gasteiger partial charge in [0.1, 0.15) is 19.8 Å². The molecule has 5 rings (SSSR count). The summed E-state index contributed by atoms with van der Waals surface area (Å²) >= 11 is 0. The molecule has 1 amide bonds. The molecule has 0 unspecified atom stereocenters. The van der Waals surface area contributed by atoms with Crippen LogP contribution in [-0.4, -0.2) is 29.5 Å². The highest BCUT2D eigenvalue weighted by molar-refractivity contribution is 6.10. The maximum Gasteiger partial charge on any atom is 0.244 e. The van der Waals surface area contributed by atoms with E-state index in [0.29, 0.717) is 46.9 Å². The zero-order chi connectivity index (χ0) is 24.4. The molecule has 1 aliphatic rings. The summed E-state index contributed by atoms with van der Waals surface area (Å²) < 4.78 is 12.7. The van der Waals surface area contributed by atoms with Crippen LogP contribution in [0.1, 0.15) is 28.4 Å². The number of carbonyl (C=O) groups is 2. The summed E-state index contributed by atoms with van der Waals surface area (Å²) in [6, 6.07) is 19.4. The number of benzene rings is 3. The molecule has 0 atom stereocenters. The van der Waals surface area contributed by atoms with Crippen LogP contribution in [0.2, 0.25) is 0 Å². The number of hydrogen-bond donors (Lipinski definition) is 1. The van der Waals surface area contributed by atoms with E-state index in [1.54, 1.807) is 59.2 Å². The fraction of sp³-hybridized carbons (Fsp3) is 0.179. The highest BCUT2D eigenvalue weighted by Crippen LogP contribution is 2.32. The van der Waals surface area contributed by atoms with Crippen molar-refractivity contribution in [2.24, 2.45) is 0 Å². The minimum atomic E-state index is -0.371. The van der Waals surface area contributed by atoms with Crippen LogP contribution in [0.25, 0.3) is 10.9 Å². The van der Waals surface area contributed by atoms with E-state index in [1.807, 2.05) is 19.1 Å². The fourth-order valence-electron chi connectivity index (χ4n) is 4.16. The van der Waals surface area contributed by atoms with Crippen LogP contribution >= 0.6 is 0 Å². The number of fused-ring (bicyclic) bond motifs is 2. The Morgan fingerprint density at radius 3 is 2.46 bits per heavy atom. The predicted molar refractivity (Wildman–Crippen MR) is 134 cm³/mol. The highest BCUT2D eigenvalue weighted by atomic mass is 16.6. The molecular weight excluding hydrogens is 444 g/mol.